The van der Waals surface area contributed by atoms with Gasteiger partial charge in [0.25, 0.3) is 0 Å². The Morgan fingerprint density at radius 3 is 0.963 bits per heavy atom. The van der Waals surface area contributed by atoms with Crippen LogP contribution < -0.4 is 0 Å². The molecule has 0 heterocycles. The van der Waals surface area contributed by atoms with Crippen LogP contribution in [-0.4, -0.2) is 0 Å². The zero-order valence-electron chi connectivity index (χ0n) is 44.9. The van der Waals surface area contributed by atoms with Crippen molar-refractivity contribution in [2.75, 3.05) is 0 Å². The summed E-state index contributed by atoms with van der Waals surface area (Å²) in [5, 5.41) is 24.7. The minimum atomic E-state index is 1.16. The van der Waals surface area contributed by atoms with E-state index in [2.05, 4.69) is 303 Å². The van der Waals surface area contributed by atoms with E-state index in [9.17, 15) is 0 Å². The Morgan fingerprint density at radius 2 is 0.476 bits per heavy atom. The van der Waals surface area contributed by atoms with Crippen molar-refractivity contribution in [2.45, 2.75) is 0 Å². The fourth-order valence-electron chi connectivity index (χ4n) is 13.9. The highest BCUT2D eigenvalue weighted by atomic mass is 14.3. The maximum Gasteiger partial charge on any atom is -0.00141 e. The summed E-state index contributed by atoms with van der Waals surface area (Å²) >= 11 is 0. The van der Waals surface area contributed by atoms with Crippen molar-refractivity contribution < 1.29 is 0 Å². The summed E-state index contributed by atoms with van der Waals surface area (Å²) in [4.78, 5) is 0. The van der Waals surface area contributed by atoms with Gasteiger partial charge in [-0.2, -0.15) is 0 Å². The monoisotopic (exact) mass is 1030 g/mol. The molecule has 0 aliphatic heterocycles. The number of hydrogen-bond donors (Lipinski definition) is 0. The Balaban J connectivity index is 1.08. The van der Waals surface area contributed by atoms with Crippen LogP contribution in [0, 0.1) is 0 Å². The predicted molar refractivity (Wildman–Crippen MR) is 354 cm³/mol. The highest BCUT2D eigenvalue weighted by molar-refractivity contribution is 6.23. The minimum Gasteiger partial charge on any atom is -0.0622 e. The lowest BCUT2D eigenvalue weighted by molar-refractivity contribution is 1.56. The molecule has 0 unspecified atom stereocenters. The number of benzene rings is 17. The normalized spacial score (nSPS) is 11.9. The molecule has 0 amide bonds. The molecule has 0 spiro atoms. The van der Waals surface area contributed by atoms with Gasteiger partial charge in [0.2, 0.25) is 0 Å². The molecule has 0 aliphatic rings. The molecule has 0 aliphatic carbocycles. The predicted octanol–water partition coefficient (Wildman–Crippen LogP) is 23.2. The fourth-order valence-corrected chi connectivity index (χ4v) is 13.9. The Bertz CT molecular complexity index is 5510. The van der Waals surface area contributed by atoms with E-state index in [1.807, 2.05) is 0 Å². The highest BCUT2D eigenvalue weighted by Gasteiger charge is 2.27. The second-order valence-corrected chi connectivity index (χ2v) is 22.2. The molecule has 378 valence electrons. The van der Waals surface area contributed by atoms with Crippen LogP contribution in [0.2, 0.25) is 0 Å². The standard InChI is InChI=1S/C82H50/c1-2-15-51(16-3-1)73-27-14-28-75-77(49-56-21-8-13-26-74(56)82(73)75)78-50-76(61-37-41-69-57(45-61)33-29-52-17-4-9-22-65(52)69)79(62-38-42-70-58(46-62)34-30-53-18-5-10-23-66(53)70)81(64-40-44-72-60(48-64)36-32-55-20-7-12-25-68(55)72)80(78)63-39-43-71-59(47-63)35-31-54-19-6-11-24-67(54)71/h1-50H. The van der Waals surface area contributed by atoms with Crippen LogP contribution in [0.4, 0.5) is 0 Å². The molecular weight excluding hydrogens is 985 g/mol. The Kier molecular flexibility index (Phi) is 10.4. The van der Waals surface area contributed by atoms with E-state index < -0.39 is 0 Å². The van der Waals surface area contributed by atoms with Crippen LogP contribution in [0.5, 0.6) is 0 Å². The van der Waals surface area contributed by atoms with Gasteiger partial charge in [-0.1, -0.05) is 267 Å². The van der Waals surface area contributed by atoms with E-state index in [1.54, 1.807) is 0 Å². The smallest absolute Gasteiger partial charge is 0.00141 e. The molecule has 17 rings (SSSR count). The van der Waals surface area contributed by atoms with Gasteiger partial charge in [0.05, 0.1) is 0 Å². The number of fused-ring (bicyclic) bond motifs is 15. The Labute approximate surface area is 475 Å². The van der Waals surface area contributed by atoms with Gasteiger partial charge in [-0.3, -0.25) is 0 Å². The molecule has 17 aromatic carbocycles. The molecule has 0 heteroatoms. The van der Waals surface area contributed by atoms with Crippen LogP contribution >= 0.6 is 0 Å². The summed E-state index contributed by atoms with van der Waals surface area (Å²) in [6.45, 7) is 0. The van der Waals surface area contributed by atoms with E-state index in [4.69, 9.17) is 0 Å². The first kappa shape index (κ1) is 46.3. The lowest BCUT2D eigenvalue weighted by Crippen LogP contribution is -1.99. The Hall–Kier alpha value is -10.7. The fraction of sp³-hybridized carbons (Fsp3) is 0. The number of hydrogen-bond acceptors (Lipinski definition) is 0. The zero-order chi connectivity index (χ0) is 53.8. The highest BCUT2D eigenvalue weighted by Crippen LogP contribution is 2.54. The van der Waals surface area contributed by atoms with Gasteiger partial charge in [-0.25, -0.2) is 0 Å². The first-order valence-electron chi connectivity index (χ1n) is 28.5. The van der Waals surface area contributed by atoms with Crippen molar-refractivity contribution in [2.24, 2.45) is 0 Å². The van der Waals surface area contributed by atoms with Crippen molar-refractivity contribution in [3.63, 3.8) is 0 Å². The second-order valence-electron chi connectivity index (χ2n) is 22.2. The van der Waals surface area contributed by atoms with Gasteiger partial charge in [-0.05, 0) is 211 Å². The summed E-state index contributed by atoms with van der Waals surface area (Å²) in [6, 6.07) is 114. The van der Waals surface area contributed by atoms with Crippen LogP contribution in [0.3, 0.4) is 0 Å². The van der Waals surface area contributed by atoms with Crippen molar-refractivity contribution in [3.05, 3.63) is 303 Å². The SMILES string of the molecule is c1ccc(-c2cccc3c(-c4cc(-c5ccc6c(ccc7ccccc76)c5)c(-c5ccc6c(ccc7ccccc76)c5)c(-c5ccc6c(ccc7ccccc76)c5)c4-c4ccc5c(ccc6ccccc65)c4)cc4ccccc4c23)cc1. The minimum absolute atomic E-state index is 1.16. The van der Waals surface area contributed by atoms with Crippen molar-refractivity contribution in [3.8, 4) is 66.8 Å². The average molecular weight is 1040 g/mol. The molecule has 17 aromatic rings. The van der Waals surface area contributed by atoms with E-state index >= 15 is 0 Å². The summed E-state index contributed by atoms with van der Waals surface area (Å²) in [7, 11) is 0. The van der Waals surface area contributed by atoms with Gasteiger partial charge in [0.15, 0.2) is 0 Å². The van der Waals surface area contributed by atoms with E-state index in [0.717, 1.165) is 16.7 Å². The van der Waals surface area contributed by atoms with Gasteiger partial charge in [0, 0.05) is 0 Å². The molecular formula is C82H50. The van der Waals surface area contributed by atoms with Gasteiger partial charge in [-0.15, -0.1) is 0 Å². The van der Waals surface area contributed by atoms with Crippen LogP contribution in [0.1, 0.15) is 0 Å². The molecule has 0 aromatic heterocycles. The van der Waals surface area contributed by atoms with Crippen molar-refractivity contribution >= 4 is 108 Å². The van der Waals surface area contributed by atoms with E-state index in [1.165, 1.54) is 158 Å². The molecule has 0 radical (unpaired) electrons. The molecule has 0 N–H and O–H groups in total. The third kappa shape index (κ3) is 7.32. The van der Waals surface area contributed by atoms with Crippen LogP contribution in [0.25, 0.3) is 174 Å². The quantitative estimate of drug-likeness (QED) is 0.146. The van der Waals surface area contributed by atoms with Gasteiger partial charge >= 0.3 is 0 Å². The summed E-state index contributed by atoms with van der Waals surface area (Å²) in [5.74, 6) is 0. The average Bonchev–Trinajstić information content (AvgIpc) is 1.55. The van der Waals surface area contributed by atoms with Crippen molar-refractivity contribution in [1.82, 2.24) is 0 Å². The second kappa shape index (κ2) is 18.5. The lowest BCUT2D eigenvalue weighted by atomic mass is 9.76. The topological polar surface area (TPSA) is 0 Å². The summed E-state index contributed by atoms with van der Waals surface area (Å²) in [6.07, 6.45) is 0. The van der Waals surface area contributed by atoms with Gasteiger partial charge in [0.1, 0.15) is 0 Å². The summed E-state index contributed by atoms with van der Waals surface area (Å²) in [5.41, 5.74) is 14.2. The molecule has 0 fully saturated rings. The molecule has 0 saturated heterocycles. The van der Waals surface area contributed by atoms with Crippen LogP contribution in [-0.2, 0) is 0 Å². The lowest BCUT2D eigenvalue weighted by Gasteiger charge is -2.26. The van der Waals surface area contributed by atoms with E-state index in [-0.39, 0.29) is 0 Å². The van der Waals surface area contributed by atoms with E-state index in [0.29, 0.717) is 0 Å². The first-order valence-corrected chi connectivity index (χ1v) is 28.5. The van der Waals surface area contributed by atoms with Gasteiger partial charge < -0.3 is 0 Å². The third-order valence-corrected chi connectivity index (χ3v) is 17.7. The maximum absolute atomic E-state index is 2.57. The van der Waals surface area contributed by atoms with Crippen LogP contribution in [0.15, 0.2) is 303 Å². The Morgan fingerprint density at radius 1 is 0.134 bits per heavy atom. The van der Waals surface area contributed by atoms with Crippen molar-refractivity contribution in [1.29, 1.82) is 0 Å². The summed E-state index contributed by atoms with van der Waals surface area (Å²) < 4.78 is 0. The maximum atomic E-state index is 2.57. The first-order chi connectivity index (χ1) is 40.6. The molecule has 82 heavy (non-hydrogen) atoms. The number of rotatable bonds is 6. The molecule has 0 bridgehead atoms. The molecule has 0 atom stereocenters. The molecule has 0 nitrogen and oxygen atoms in total. The third-order valence-electron chi connectivity index (χ3n) is 17.7. The zero-order valence-corrected chi connectivity index (χ0v) is 44.9. The largest absolute Gasteiger partial charge is 0.0622 e. The molecule has 0 saturated carbocycles.